The van der Waals surface area contributed by atoms with E-state index in [9.17, 15) is 4.79 Å². The molecule has 1 heterocycles. The minimum absolute atomic E-state index is 0.180. The molecule has 0 saturated heterocycles. The predicted octanol–water partition coefficient (Wildman–Crippen LogP) is 3.74. The van der Waals surface area contributed by atoms with Crippen LogP contribution in [0.5, 0.6) is 5.75 Å². The van der Waals surface area contributed by atoms with Gasteiger partial charge < -0.3 is 10.1 Å². The fraction of sp³-hybridized carbons (Fsp3) is 0.312. The molecule has 2 aromatic rings. The third-order valence-electron chi connectivity index (χ3n) is 3.35. The summed E-state index contributed by atoms with van der Waals surface area (Å²) in [5.74, 6) is 0.406. The van der Waals surface area contributed by atoms with Gasteiger partial charge >= 0.3 is 0 Å². The highest BCUT2D eigenvalue weighted by Crippen LogP contribution is 2.27. The number of halogens is 1. The summed E-state index contributed by atoms with van der Waals surface area (Å²) in [4.78, 5) is 20.8. The Balaban J connectivity index is 2.27. The summed E-state index contributed by atoms with van der Waals surface area (Å²) in [7, 11) is 1.61. The molecule has 0 aliphatic heterocycles. The molecule has 122 valence electrons. The molecule has 1 unspecified atom stereocenters. The number of rotatable bonds is 6. The lowest BCUT2D eigenvalue weighted by atomic mass is 10.0. The molecule has 0 fully saturated rings. The predicted molar refractivity (Wildman–Crippen MR) is 92.3 cm³/mol. The lowest BCUT2D eigenvalue weighted by Crippen LogP contribution is -2.29. The number of hydrogen-bond acceptors (Lipinski definition) is 5. The average molecular weight is 352 g/mol. The van der Waals surface area contributed by atoms with Crippen molar-refractivity contribution in [1.29, 1.82) is 0 Å². The molecule has 1 aromatic carbocycles. The number of amides is 1. The van der Waals surface area contributed by atoms with Crippen LogP contribution in [0.1, 0.15) is 35.4 Å². The van der Waals surface area contributed by atoms with Gasteiger partial charge in [0.05, 0.1) is 24.4 Å². The van der Waals surface area contributed by atoms with Gasteiger partial charge in [0.1, 0.15) is 5.75 Å². The lowest BCUT2D eigenvalue weighted by Gasteiger charge is -2.20. The zero-order valence-corrected chi connectivity index (χ0v) is 14.7. The molecule has 0 aliphatic rings. The summed E-state index contributed by atoms with van der Waals surface area (Å²) in [6, 6.07) is 7.41. The number of hydrogen-bond donors (Lipinski definition) is 1. The molecule has 1 amide bonds. The molecule has 1 N–H and O–H groups in total. The van der Waals surface area contributed by atoms with Gasteiger partial charge in [0, 0.05) is 5.56 Å². The van der Waals surface area contributed by atoms with Crippen molar-refractivity contribution in [2.45, 2.75) is 24.5 Å². The highest BCUT2D eigenvalue weighted by Gasteiger charge is 2.20. The Hall–Kier alpha value is -1.79. The van der Waals surface area contributed by atoms with E-state index in [1.54, 1.807) is 7.11 Å². The molecule has 0 saturated carbocycles. The number of carbonyl (C=O) groups is 1. The third-order valence-corrected chi connectivity index (χ3v) is 4.19. The summed E-state index contributed by atoms with van der Waals surface area (Å²) in [6.07, 6.45) is 4.00. The Bertz CT molecular complexity index is 697. The van der Waals surface area contributed by atoms with Gasteiger partial charge in [0.2, 0.25) is 0 Å². The molecule has 2 rings (SSSR count). The second kappa shape index (κ2) is 8.17. The molecular formula is C16H18ClN3O2S. The number of nitrogens with zero attached hydrogens (tertiary/aromatic N) is 2. The molecule has 1 atom stereocenters. The summed E-state index contributed by atoms with van der Waals surface area (Å²) in [5.41, 5.74) is 1.10. The normalized spacial score (nSPS) is 11.8. The number of para-hydroxylation sites is 1. The van der Waals surface area contributed by atoms with E-state index >= 15 is 0 Å². The summed E-state index contributed by atoms with van der Waals surface area (Å²) >= 11 is 7.41. The van der Waals surface area contributed by atoms with Crippen LogP contribution in [0.25, 0.3) is 0 Å². The van der Waals surface area contributed by atoms with Crippen molar-refractivity contribution in [3.05, 3.63) is 46.7 Å². The quantitative estimate of drug-likeness (QED) is 0.634. The van der Waals surface area contributed by atoms with E-state index in [0.717, 1.165) is 11.3 Å². The Kier molecular flexibility index (Phi) is 6.24. The third kappa shape index (κ3) is 4.14. The maximum Gasteiger partial charge on any atom is 0.272 e. The fourth-order valence-corrected chi connectivity index (χ4v) is 2.71. The van der Waals surface area contributed by atoms with Gasteiger partial charge in [-0.3, -0.25) is 4.79 Å². The zero-order valence-electron chi connectivity index (χ0n) is 13.2. The van der Waals surface area contributed by atoms with E-state index in [2.05, 4.69) is 15.3 Å². The Morgan fingerprint density at radius 1 is 1.43 bits per heavy atom. The van der Waals surface area contributed by atoms with Crippen molar-refractivity contribution in [3.8, 4) is 5.75 Å². The van der Waals surface area contributed by atoms with Crippen molar-refractivity contribution >= 4 is 29.3 Å². The maximum absolute atomic E-state index is 12.5. The van der Waals surface area contributed by atoms with E-state index < -0.39 is 0 Å². The molecule has 1 aromatic heterocycles. The van der Waals surface area contributed by atoms with Gasteiger partial charge in [-0.2, -0.15) is 0 Å². The van der Waals surface area contributed by atoms with Crippen LogP contribution in [0, 0.1) is 0 Å². The number of benzene rings is 1. The molecule has 23 heavy (non-hydrogen) atoms. The van der Waals surface area contributed by atoms with Gasteiger partial charge in [0.15, 0.2) is 10.9 Å². The van der Waals surface area contributed by atoms with Crippen LogP contribution in [0.15, 0.2) is 35.6 Å². The topological polar surface area (TPSA) is 64.1 Å². The highest BCUT2D eigenvalue weighted by atomic mass is 35.5. The van der Waals surface area contributed by atoms with Crippen LogP contribution in [-0.4, -0.2) is 29.2 Å². The van der Waals surface area contributed by atoms with Gasteiger partial charge in [-0.05, 0) is 18.7 Å². The zero-order chi connectivity index (χ0) is 16.8. The number of ether oxygens (including phenoxy) is 1. The van der Waals surface area contributed by atoms with Gasteiger partial charge in [-0.15, -0.1) is 0 Å². The first-order valence-corrected chi connectivity index (χ1v) is 8.71. The van der Waals surface area contributed by atoms with E-state index in [-0.39, 0.29) is 22.7 Å². The Morgan fingerprint density at radius 2 is 2.17 bits per heavy atom. The smallest absolute Gasteiger partial charge is 0.272 e. The molecule has 0 radical (unpaired) electrons. The largest absolute Gasteiger partial charge is 0.496 e. The van der Waals surface area contributed by atoms with E-state index in [4.69, 9.17) is 16.3 Å². The summed E-state index contributed by atoms with van der Waals surface area (Å²) < 4.78 is 5.37. The van der Waals surface area contributed by atoms with E-state index in [0.29, 0.717) is 11.6 Å². The van der Waals surface area contributed by atoms with Crippen LogP contribution in [0.3, 0.4) is 0 Å². The van der Waals surface area contributed by atoms with Gasteiger partial charge in [0.25, 0.3) is 5.91 Å². The van der Waals surface area contributed by atoms with E-state index in [1.807, 2.05) is 37.4 Å². The number of nitrogens with one attached hydrogen (secondary N) is 1. The standard InChI is InChI=1S/C16H18ClN3O2S/c1-4-12(10-7-5-6-8-13(10)22-2)19-15(21)14-11(17)9-18-16(20-14)23-3/h5-9,12H,4H2,1-3H3,(H,19,21). The molecule has 5 nitrogen and oxygen atoms in total. The average Bonchev–Trinajstić information content (AvgIpc) is 2.59. The SMILES string of the molecule is CCC(NC(=O)c1nc(SC)ncc1Cl)c1ccccc1OC. The van der Waals surface area contributed by atoms with Crippen LogP contribution in [0.2, 0.25) is 5.02 Å². The first-order chi connectivity index (χ1) is 11.1. The first-order valence-electron chi connectivity index (χ1n) is 7.11. The Morgan fingerprint density at radius 3 is 2.83 bits per heavy atom. The van der Waals surface area contributed by atoms with Crippen LogP contribution in [0.4, 0.5) is 0 Å². The number of carbonyl (C=O) groups excluding carboxylic acids is 1. The minimum Gasteiger partial charge on any atom is -0.496 e. The van der Waals surface area contributed by atoms with Crippen molar-refractivity contribution < 1.29 is 9.53 Å². The fourth-order valence-electron chi connectivity index (χ4n) is 2.19. The number of thioether (sulfide) groups is 1. The monoisotopic (exact) mass is 351 g/mol. The molecule has 7 heteroatoms. The maximum atomic E-state index is 12.5. The Labute approximate surface area is 144 Å². The van der Waals surface area contributed by atoms with Gasteiger partial charge in [-0.25, -0.2) is 9.97 Å². The number of aromatic nitrogens is 2. The lowest BCUT2D eigenvalue weighted by molar-refractivity contribution is 0.0929. The first kappa shape index (κ1) is 17.6. The highest BCUT2D eigenvalue weighted by molar-refractivity contribution is 7.98. The second-order valence-electron chi connectivity index (χ2n) is 4.73. The molecule has 0 aliphatic carbocycles. The van der Waals surface area contributed by atoms with E-state index in [1.165, 1.54) is 18.0 Å². The molecule has 0 bridgehead atoms. The van der Waals surface area contributed by atoms with Crippen LogP contribution in [-0.2, 0) is 0 Å². The van der Waals surface area contributed by atoms with Crippen molar-refractivity contribution in [2.75, 3.05) is 13.4 Å². The molecular weight excluding hydrogens is 334 g/mol. The summed E-state index contributed by atoms with van der Waals surface area (Å²) in [5, 5.41) is 3.70. The second-order valence-corrected chi connectivity index (χ2v) is 5.91. The van der Waals surface area contributed by atoms with Crippen LogP contribution >= 0.6 is 23.4 Å². The summed E-state index contributed by atoms with van der Waals surface area (Å²) in [6.45, 7) is 1.99. The van der Waals surface area contributed by atoms with Gasteiger partial charge in [-0.1, -0.05) is 48.5 Å². The van der Waals surface area contributed by atoms with Crippen molar-refractivity contribution in [1.82, 2.24) is 15.3 Å². The van der Waals surface area contributed by atoms with Crippen molar-refractivity contribution in [3.63, 3.8) is 0 Å². The van der Waals surface area contributed by atoms with Crippen LogP contribution < -0.4 is 10.1 Å². The van der Waals surface area contributed by atoms with Crippen molar-refractivity contribution in [2.24, 2.45) is 0 Å². The molecule has 0 spiro atoms. The number of methoxy groups -OCH3 is 1. The minimum atomic E-state index is -0.328.